The van der Waals surface area contributed by atoms with Crippen LogP contribution in [0.1, 0.15) is 6.92 Å². The van der Waals surface area contributed by atoms with Crippen molar-refractivity contribution in [2.45, 2.75) is 6.92 Å². The first kappa shape index (κ1) is 5.73. The average molecular weight is 154 g/mol. The Morgan fingerprint density at radius 1 is 1.60 bits per heavy atom. The van der Waals surface area contributed by atoms with Crippen LogP contribution in [-0.4, -0.2) is 15.8 Å². The molecule has 3 nitrogen and oxygen atoms in total. The zero-order valence-corrected chi connectivity index (χ0v) is 6.61. The largest absolute Gasteiger partial charge is 0.610 e. The zero-order chi connectivity index (χ0) is 6.97. The third-order valence-corrected chi connectivity index (χ3v) is 2.03. The lowest BCUT2D eigenvalue weighted by Crippen LogP contribution is -2.04. The molecule has 10 heavy (non-hydrogen) atoms. The second-order valence-corrected chi connectivity index (χ2v) is 2.67. The predicted molar refractivity (Wildman–Crippen MR) is 36.2 cm³/mol. The van der Waals surface area contributed by atoms with Crippen LogP contribution in [0.2, 0.25) is 0 Å². The van der Waals surface area contributed by atoms with Crippen molar-refractivity contribution in [2.24, 2.45) is 0 Å². The summed E-state index contributed by atoms with van der Waals surface area (Å²) in [5.74, 6) is 2.35. The van der Waals surface area contributed by atoms with E-state index in [4.69, 9.17) is 13.3 Å². The minimum Gasteiger partial charge on any atom is -0.610 e. The van der Waals surface area contributed by atoms with E-state index in [0.717, 1.165) is 17.3 Å². The van der Waals surface area contributed by atoms with E-state index in [1.165, 1.54) is 0 Å². The Kier molecular flexibility index (Phi) is 1.14. The maximum atomic E-state index is 5.20. The summed E-state index contributed by atoms with van der Waals surface area (Å²) < 4.78 is 15.5. The number of ether oxygens (including phenoxy) is 1. The van der Waals surface area contributed by atoms with Crippen molar-refractivity contribution >= 4 is 15.8 Å². The van der Waals surface area contributed by atoms with Gasteiger partial charge in [-0.25, -0.2) is 0 Å². The van der Waals surface area contributed by atoms with Crippen molar-refractivity contribution in [3.63, 3.8) is 0 Å². The zero-order valence-electron chi connectivity index (χ0n) is 5.46. The number of allylic oxidation sites excluding steroid dienone is 2. The molecule has 0 atom stereocenters. The van der Waals surface area contributed by atoms with Crippen molar-refractivity contribution in [3.05, 3.63) is 23.9 Å². The van der Waals surface area contributed by atoms with E-state index in [0.29, 0.717) is 0 Å². The van der Waals surface area contributed by atoms with Gasteiger partial charge >= 0.3 is 15.8 Å². The molecule has 0 spiro atoms. The Bertz CT molecular complexity index is 252. The molecule has 2 aliphatic heterocycles. The molecule has 2 heterocycles. The molecule has 0 aromatic heterocycles. The topological polar surface area (TPSA) is 29.8 Å². The van der Waals surface area contributed by atoms with Gasteiger partial charge in [-0.15, -0.1) is 0 Å². The number of ketones is 1. The van der Waals surface area contributed by atoms with Crippen LogP contribution in [0.3, 0.4) is 0 Å². The Labute approximate surface area is 60.7 Å². The number of hydrogen-bond acceptors (Lipinski definition) is 2. The predicted octanol–water partition coefficient (Wildman–Crippen LogP) is 0.163. The Hall–Kier alpha value is -1.03. The molecule has 0 unspecified atom stereocenters. The molecule has 0 N–H and O–H groups in total. The molecular formula is C6H6O3Si. The molecule has 0 fully saturated rings. The summed E-state index contributed by atoms with van der Waals surface area (Å²) in [6.07, 6.45) is 3.37. The van der Waals surface area contributed by atoms with Gasteiger partial charge in [0.25, 0.3) is 0 Å². The van der Waals surface area contributed by atoms with Gasteiger partial charge in [-0.2, -0.15) is 0 Å². The normalized spacial score (nSPS) is 20.7. The molecule has 0 amide bonds. The van der Waals surface area contributed by atoms with Gasteiger partial charge in [0, 0.05) is 0 Å². The lowest BCUT2D eigenvalue weighted by Gasteiger charge is -2.06. The summed E-state index contributed by atoms with van der Waals surface area (Å²) in [6.45, 7) is 1.85. The maximum Gasteiger partial charge on any atom is 0.441 e. The van der Waals surface area contributed by atoms with Crippen molar-refractivity contribution in [1.29, 1.82) is 0 Å². The van der Waals surface area contributed by atoms with Crippen molar-refractivity contribution in [1.82, 2.24) is 0 Å². The van der Waals surface area contributed by atoms with Gasteiger partial charge in [0.2, 0.25) is 5.76 Å². The van der Waals surface area contributed by atoms with Crippen molar-refractivity contribution in [2.75, 3.05) is 0 Å². The second-order valence-electron chi connectivity index (χ2n) is 2.00. The summed E-state index contributed by atoms with van der Waals surface area (Å²) in [6, 6.07) is 0. The van der Waals surface area contributed by atoms with Crippen LogP contribution in [-0.2, 0) is 13.3 Å². The molecule has 2 rings (SSSR count). The highest BCUT2D eigenvalue weighted by Gasteiger charge is 2.25. The Morgan fingerprint density at radius 2 is 2.50 bits per heavy atom. The van der Waals surface area contributed by atoms with E-state index in [1.807, 2.05) is 6.92 Å². The quantitative estimate of drug-likeness (QED) is 0.367. The van der Waals surface area contributed by atoms with E-state index in [9.17, 15) is 0 Å². The second kappa shape index (κ2) is 1.98. The highest BCUT2D eigenvalue weighted by molar-refractivity contribution is 6.25. The highest BCUT2D eigenvalue weighted by Crippen LogP contribution is 2.17. The van der Waals surface area contributed by atoms with Crippen LogP contribution < -0.4 is 0 Å². The molecule has 0 saturated heterocycles. The van der Waals surface area contributed by atoms with Crippen molar-refractivity contribution in [3.8, 4) is 0 Å². The smallest absolute Gasteiger partial charge is 0.441 e. The summed E-state index contributed by atoms with van der Waals surface area (Å²) in [4.78, 5) is 0. The first-order chi connectivity index (χ1) is 4.88. The van der Waals surface area contributed by atoms with Gasteiger partial charge in [0.05, 0.1) is 6.08 Å². The van der Waals surface area contributed by atoms with Gasteiger partial charge < -0.3 is 13.3 Å². The number of rotatable bonds is 0. The van der Waals surface area contributed by atoms with Crippen LogP contribution in [0.15, 0.2) is 23.9 Å². The molecule has 4 heteroatoms. The van der Waals surface area contributed by atoms with Gasteiger partial charge in [0.15, 0.2) is 0 Å². The maximum absolute atomic E-state index is 5.20. The average Bonchev–Trinajstić information content (AvgIpc) is 2.36. The highest BCUT2D eigenvalue weighted by atomic mass is 28.2. The Balaban J connectivity index is 2.44. The minimum absolute atomic E-state index is 0.354. The van der Waals surface area contributed by atoms with Crippen LogP contribution >= 0.6 is 0 Å². The molecule has 0 saturated carbocycles. The third-order valence-electron chi connectivity index (χ3n) is 1.35. The molecule has 0 radical (unpaired) electrons. The fourth-order valence-corrected chi connectivity index (χ4v) is 1.57. The first-order valence-corrected chi connectivity index (χ1v) is 3.88. The fraction of sp³-hybridized carbons (Fsp3) is 0.167. The molecule has 0 bridgehead atoms. The third kappa shape index (κ3) is 0.690. The van der Waals surface area contributed by atoms with Crippen LogP contribution in [0.5, 0.6) is 0 Å². The molecule has 2 aliphatic rings. The summed E-state index contributed by atoms with van der Waals surface area (Å²) in [7, 11) is -0.354. The Morgan fingerprint density at radius 3 is 3.30 bits per heavy atom. The van der Waals surface area contributed by atoms with Gasteiger partial charge in [-0.1, -0.05) is 0 Å². The number of fused-ring (bicyclic) bond motifs is 1. The van der Waals surface area contributed by atoms with Crippen LogP contribution in [0.4, 0.5) is 0 Å². The molecule has 0 aromatic rings. The molecular weight excluding hydrogens is 148 g/mol. The first-order valence-electron chi connectivity index (χ1n) is 2.94. The minimum atomic E-state index is -0.354. The number of hydrogen-bond donors (Lipinski definition) is 0. The lowest BCUT2D eigenvalue weighted by molar-refractivity contribution is -0.288. The summed E-state index contributed by atoms with van der Waals surface area (Å²) in [5.41, 5.74) is 0. The van der Waals surface area contributed by atoms with Crippen LogP contribution in [0, 0.1) is 0 Å². The molecule has 52 valence electrons. The van der Waals surface area contributed by atoms with Gasteiger partial charge in [0.1, 0.15) is 12.0 Å². The van der Waals surface area contributed by atoms with Gasteiger partial charge in [-0.05, 0) is 6.92 Å². The number of carbonyl (C=O) groups excluding carboxylic acids is 1. The van der Waals surface area contributed by atoms with E-state index < -0.39 is 0 Å². The monoisotopic (exact) mass is 154 g/mol. The van der Waals surface area contributed by atoms with Crippen LogP contribution in [0.25, 0.3) is 0 Å². The van der Waals surface area contributed by atoms with Crippen molar-refractivity contribution < 1.29 is 13.3 Å². The van der Waals surface area contributed by atoms with E-state index in [1.54, 1.807) is 12.3 Å². The molecule has 0 aliphatic carbocycles. The van der Waals surface area contributed by atoms with E-state index in [2.05, 4.69) is 0 Å². The standard InChI is InChI=1S/C6H6O3Si/c1-4-6-5(2-3-7-4)8-10-9-6/h2-3,10H,1H3. The lowest BCUT2D eigenvalue weighted by atomic mass is 10.2. The van der Waals surface area contributed by atoms with E-state index >= 15 is 0 Å². The summed E-state index contributed by atoms with van der Waals surface area (Å²) >= 11 is 0. The van der Waals surface area contributed by atoms with E-state index in [-0.39, 0.29) is 10.0 Å². The summed E-state index contributed by atoms with van der Waals surface area (Å²) in [5, 5.41) is 0. The van der Waals surface area contributed by atoms with Gasteiger partial charge in [-0.3, -0.25) is 0 Å². The SMILES string of the molecule is CC1=C2O[SiH-][O+]=C2C=CO1. The molecule has 0 aromatic carbocycles. The fourth-order valence-electron chi connectivity index (χ4n) is 0.858.